The largest absolute Gasteiger partial charge is 0.493 e. The van der Waals surface area contributed by atoms with E-state index in [1.165, 1.54) is 4.90 Å². The highest BCUT2D eigenvalue weighted by Crippen LogP contribution is 2.33. The molecule has 20 heavy (non-hydrogen) atoms. The lowest BCUT2D eigenvalue weighted by molar-refractivity contribution is -0.149. The molecule has 2 aliphatic heterocycles. The molecule has 1 aromatic carbocycles. The number of piperazine rings is 1. The van der Waals surface area contributed by atoms with Gasteiger partial charge in [-0.3, -0.25) is 19.8 Å². The van der Waals surface area contributed by atoms with Crippen molar-refractivity contribution in [3.05, 3.63) is 28.3 Å². The van der Waals surface area contributed by atoms with Gasteiger partial charge in [-0.05, 0) is 24.6 Å². The Kier molecular flexibility index (Phi) is 3.40. The van der Waals surface area contributed by atoms with Crippen molar-refractivity contribution in [2.45, 2.75) is 25.9 Å². The number of nitrogens with one attached hydrogen (secondary N) is 1. The Morgan fingerprint density at radius 1 is 1.45 bits per heavy atom. The molecule has 1 N–H and O–H groups in total. The summed E-state index contributed by atoms with van der Waals surface area (Å²) in [7, 11) is 0. The highest BCUT2D eigenvalue weighted by Gasteiger charge is 2.32. The molecule has 0 aliphatic carbocycles. The average Bonchev–Trinajstić information content (AvgIpc) is 2.87. The minimum absolute atomic E-state index is 0.177. The Morgan fingerprint density at radius 3 is 3.05 bits per heavy atom. The van der Waals surface area contributed by atoms with Crippen LogP contribution in [0.15, 0.2) is 12.1 Å². The molecule has 1 aromatic rings. The fourth-order valence-corrected chi connectivity index (χ4v) is 2.84. The molecule has 106 valence electrons. The van der Waals surface area contributed by atoms with Crippen LogP contribution < -0.4 is 10.1 Å². The Balaban J connectivity index is 1.91. The van der Waals surface area contributed by atoms with Crippen LogP contribution in [0, 0.1) is 0 Å². The van der Waals surface area contributed by atoms with Crippen molar-refractivity contribution in [2.24, 2.45) is 0 Å². The van der Waals surface area contributed by atoms with Gasteiger partial charge in [-0.15, -0.1) is 0 Å². The maximum atomic E-state index is 12.1. The molecule has 5 nitrogen and oxygen atoms in total. The molecule has 0 bridgehead atoms. The van der Waals surface area contributed by atoms with E-state index in [-0.39, 0.29) is 30.9 Å². The molecule has 1 saturated heterocycles. The zero-order chi connectivity index (χ0) is 14.3. The average molecular weight is 295 g/mol. The van der Waals surface area contributed by atoms with Gasteiger partial charge in [-0.1, -0.05) is 11.6 Å². The summed E-state index contributed by atoms with van der Waals surface area (Å²) in [5, 5.41) is 3.47. The van der Waals surface area contributed by atoms with Crippen LogP contribution in [0.25, 0.3) is 0 Å². The molecule has 2 aliphatic rings. The molecule has 0 aromatic heterocycles. The predicted molar refractivity (Wildman–Crippen MR) is 73.7 cm³/mol. The second-order valence-corrected chi connectivity index (χ2v) is 5.51. The Hall–Kier alpha value is -1.59. The first-order valence-corrected chi connectivity index (χ1v) is 6.96. The summed E-state index contributed by atoms with van der Waals surface area (Å²) in [4.78, 5) is 25.3. The number of hydrogen-bond donors (Lipinski definition) is 1. The fraction of sp³-hybridized carbons (Fsp3) is 0.429. The van der Waals surface area contributed by atoms with E-state index in [2.05, 4.69) is 5.32 Å². The monoisotopic (exact) mass is 294 g/mol. The molecule has 2 heterocycles. The van der Waals surface area contributed by atoms with Crippen molar-refractivity contribution in [1.82, 2.24) is 10.2 Å². The van der Waals surface area contributed by atoms with Crippen LogP contribution in [-0.2, 0) is 22.6 Å². The predicted octanol–water partition coefficient (Wildman–Crippen LogP) is 1.12. The van der Waals surface area contributed by atoms with E-state index in [0.717, 1.165) is 23.3 Å². The highest BCUT2D eigenvalue weighted by atomic mass is 35.5. The third-order valence-corrected chi connectivity index (χ3v) is 3.87. The number of carbonyl (C=O) groups excluding carboxylic acids is 2. The molecule has 6 heteroatoms. The summed E-state index contributed by atoms with van der Waals surface area (Å²) in [6.45, 7) is 2.76. The first-order chi connectivity index (χ1) is 9.56. The van der Waals surface area contributed by atoms with Gasteiger partial charge < -0.3 is 4.74 Å². The van der Waals surface area contributed by atoms with Crippen LogP contribution in [0.2, 0.25) is 5.02 Å². The molecule has 0 radical (unpaired) electrons. The van der Waals surface area contributed by atoms with Gasteiger partial charge in [-0.25, -0.2) is 0 Å². The molecule has 3 rings (SSSR count). The number of hydrogen-bond acceptors (Lipinski definition) is 4. The van der Waals surface area contributed by atoms with Crippen molar-refractivity contribution >= 4 is 23.4 Å². The lowest BCUT2D eigenvalue weighted by atomic mass is 10.1. The summed E-state index contributed by atoms with van der Waals surface area (Å²) in [5.41, 5.74) is 1.83. The van der Waals surface area contributed by atoms with Crippen LogP contribution in [-0.4, -0.2) is 35.9 Å². The summed E-state index contributed by atoms with van der Waals surface area (Å²) in [5.74, 6) is 0.328. The number of ether oxygens (including phenoxy) is 1. The zero-order valence-corrected chi connectivity index (χ0v) is 11.9. The van der Waals surface area contributed by atoms with Crippen LogP contribution in [0.4, 0.5) is 0 Å². The Bertz CT molecular complexity index is 588. The Labute approximate surface area is 121 Å². The quantitative estimate of drug-likeness (QED) is 0.831. The normalized spacial score (nSPS) is 21.9. The summed E-state index contributed by atoms with van der Waals surface area (Å²) in [6.07, 6.45) is 0.808. The molecule has 1 atom stereocenters. The molecule has 1 fully saturated rings. The zero-order valence-electron chi connectivity index (χ0n) is 11.1. The first-order valence-electron chi connectivity index (χ1n) is 6.58. The fourth-order valence-electron chi connectivity index (χ4n) is 2.58. The van der Waals surface area contributed by atoms with Gasteiger partial charge >= 0.3 is 0 Å². The lowest BCUT2D eigenvalue weighted by Gasteiger charge is -2.30. The van der Waals surface area contributed by atoms with Gasteiger partial charge in [0, 0.05) is 17.0 Å². The van der Waals surface area contributed by atoms with E-state index in [4.69, 9.17) is 16.3 Å². The van der Waals surface area contributed by atoms with Gasteiger partial charge in [-0.2, -0.15) is 0 Å². The lowest BCUT2D eigenvalue weighted by Crippen LogP contribution is -2.56. The standard InChI is InChI=1S/C14H15ClN2O3/c1-8-14(19)17(12(18)6-16-8)7-10-5-11(15)4-9-2-3-20-13(9)10/h4-5,8,16H,2-3,6-7H2,1H3. The van der Waals surface area contributed by atoms with E-state index < -0.39 is 0 Å². The van der Waals surface area contributed by atoms with Crippen molar-refractivity contribution < 1.29 is 14.3 Å². The molecular weight excluding hydrogens is 280 g/mol. The number of amides is 2. The second-order valence-electron chi connectivity index (χ2n) is 5.07. The molecular formula is C14H15ClN2O3. The van der Waals surface area contributed by atoms with Gasteiger partial charge in [0.25, 0.3) is 0 Å². The van der Waals surface area contributed by atoms with Crippen LogP contribution in [0.3, 0.4) is 0 Å². The topological polar surface area (TPSA) is 58.6 Å². The number of benzene rings is 1. The van der Waals surface area contributed by atoms with Crippen molar-refractivity contribution in [3.8, 4) is 5.75 Å². The van der Waals surface area contributed by atoms with Gasteiger partial charge in [0.15, 0.2) is 0 Å². The third-order valence-electron chi connectivity index (χ3n) is 3.65. The number of imide groups is 1. The minimum atomic E-state index is -0.346. The SMILES string of the molecule is CC1NCC(=O)N(Cc2cc(Cl)cc3c2OCC3)C1=O. The van der Waals surface area contributed by atoms with E-state index in [1.54, 1.807) is 13.0 Å². The van der Waals surface area contributed by atoms with E-state index in [9.17, 15) is 9.59 Å². The molecule has 0 spiro atoms. The molecule has 0 saturated carbocycles. The number of fused-ring (bicyclic) bond motifs is 1. The second kappa shape index (κ2) is 5.07. The van der Waals surface area contributed by atoms with Gasteiger partial charge in [0.2, 0.25) is 11.8 Å². The summed E-state index contributed by atoms with van der Waals surface area (Å²) in [6, 6.07) is 3.29. The van der Waals surface area contributed by atoms with E-state index in [1.807, 2.05) is 6.07 Å². The summed E-state index contributed by atoms with van der Waals surface area (Å²) < 4.78 is 5.60. The van der Waals surface area contributed by atoms with E-state index in [0.29, 0.717) is 11.6 Å². The first kappa shape index (κ1) is 13.4. The molecule has 1 unspecified atom stereocenters. The Morgan fingerprint density at radius 2 is 2.25 bits per heavy atom. The smallest absolute Gasteiger partial charge is 0.246 e. The molecule has 2 amide bonds. The highest BCUT2D eigenvalue weighted by molar-refractivity contribution is 6.30. The maximum Gasteiger partial charge on any atom is 0.246 e. The summed E-state index contributed by atoms with van der Waals surface area (Å²) >= 11 is 6.09. The third kappa shape index (κ3) is 2.27. The number of rotatable bonds is 2. The van der Waals surface area contributed by atoms with E-state index >= 15 is 0 Å². The van der Waals surface area contributed by atoms with Crippen molar-refractivity contribution in [3.63, 3.8) is 0 Å². The number of halogens is 1. The number of carbonyl (C=O) groups is 2. The minimum Gasteiger partial charge on any atom is -0.493 e. The van der Waals surface area contributed by atoms with Crippen molar-refractivity contribution in [1.29, 1.82) is 0 Å². The van der Waals surface area contributed by atoms with Crippen molar-refractivity contribution in [2.75, 3.05) is 13.2 Å². The van der Waals surface area contributed by atoms with Gasteiger partial charge in [0.05, 0.1) is 25.7 Å². The van der Waals surface area contributed by atoms with Crippen LogP contribution in [0.5, 0.6) is 5.75 Å². The van der Waals surface area contributed by atoms with Crippen LogP contribution >= 0.6 is 11.6 Å². The maximum absolute atomic E-state index is 12.1. The van der Waals surface area contributed by atoms with Crippen LogP contribution in [0.1, 0.15) is 18.1 Å². The number of nitrogens with zero attached hydrogens (tertiary/aromatic N) is 1. The van der Waals surface area contributed by atoms with Gasteiger partial charge in [0.1, 0.15) is 5.75 Å².